The van der Waals surface area contributed by atoms with Crippen LogP contribution in [0.25, 0.3) is 0 Å². The van der Waals surface area contributed by atoms with E-state index >= 15 is 0 Å². The van der Waals surface area contributed by atoms with Gasteiger partial charge in [0, 0.05) is 30.9 Å². The molecule has 6 nitrogen and oxygen atoms in total. The van der Waals surface area contributed by atoms with Crippen LogP contribution in [0.3, 0.4) is 0 Å². The lowest BCUT2D eigenvalue weighted by atomic mass is 10.2. The van der Waals surface area contributed by atoms with Crippen LogP contribution in [0.2, 0.25) is 0 Å². The predicted octanol–water partition coefficient (Wildman–Crippen LogP) is 2.44. The van der Waals surface area contributed by atoms with Crippen molar-refractivity contribution in [3.63, 3.8) is 0 Å². The Balaban J connectivity index is 2.00. The van der Waals surface area contributed by atoms with Crippen LogP contribution in [-0.4, -0.2) is 34.0 Å². The number of nitrogens with zero attached hydrogens (tertiary/aromatic N) is 3. The van der Waals surface area contributed by atoms with Crippen LogP contribution in [0, 0.1) is 10.1 Å². The Kier molecular flexibility index (Phi) is 4.73. The lowest BCUT2D eigenvalue weighted by Gasteiger charge is -2.16. The summed E-state index contributed by atoms with van der Waals surface area (Å²) in [6.45, 7) is 3.08. The number of aliphatic imine (C=N–C) groups is 1. The minimum atomic E-state index is -0.409. The molecule has 0 bridgehead atoms. The van der Waals surface area contributed by atoms with Crippen LogP contribution in [0.4, 0.5) is 5.69 Å². The van der Waals surface area contributed by atoms with Gasteiger partial charge < -0.3 is 0 Å². The maximum absolute atomic E-state index is 11.7. The molecule has 20 heavy (non-hydrogen) atoms. The Morgan fingerprint density at radius 3 is 3.05 bits per heavy atom. The Hall–Kier alpha value is -1.89. The molecule has 1 aliphatic rings. The van der Waals surface area contributed by atoms with Crippen molar-refractivity contribution in [3.8, 4) is 0 Å². The number of rotatable bonds is 4. The van der Waals surface area contributed by atoms with E-state index in [1.54, 1.807) is 17.0 Å². The molecule has 1 aliphatic heterocycles. The van der Waals surface area contributed by atoms with Gasteiger partial charge in [-0.1, -0.05) is 30.8 Å². The predicted molar refractivity (Wildman–Crippen MR) is 78.7 cm³/mol. The van der Waals surface area contributed by atoms with Gasteiger partial charge in [-0.2, -0.15) is 0 Å². The van der Waals surface area contributed by atoms with Crippen molar-refractivity contribution in [3.05, 3.63) is 39.9 Å². The molecule has 1 aromatic rings. The molecule has 0 N–H and O–H groups in total. The van der Waals surface area contributed by atoms with Gasteiger partial charge in [-0.25, -0.2) is 0 Å². The molecule has 0 saturated heterocycles. The molecule has 1 amide bonds. The lowest BCUT2D eigenvalue weighted by molar-refractivity contribution is -0.384. The molecule has 0 unspecified atom stereocenters. The molecule has 0 spiro atoms. The quantitative estimate of drug-likeness (QED) is 0.631. The summed E-state index contributed by atoms with van der Waals surface area (Å²) in [7, 11) is 0. The van der Waals surface area contributed by atoms with Crippen molar-refractivity contribution < 1.29 is 9.72 Å². The number of carbonyl (C=O) groups excluding carboxylic acids is 1. The highest BCUT2D eigenvalue weighted by Gasteiger charge is 2.22. The number of thioether (sulfide) groups is 1. The van der Waals surface area contributed by atoms with Gasteiger partial charge in [-0.3, -0.25) is 24.8 Å². The van der Waals surface area contributed by atoms with Gasteiger partial charge in [0.1, 0.15) is 0 Å². The van der Waals surface area contributed by atoms with Gasteiger partial charge in [0.15, 0.2) is 5.17 Å². The topological polar surface area (TPSA) is 75.8 Å². The van der Waals surface area contributed by atoms with Crippen molar-refractivity contribution in [1.82, 2.24) is 4.90 Å². The molecular formula is C13H15N3O3S. The first kappa shape index (κ1) is 14.5. The zero-order valence-electron chi connectivity index (χ0n) is 11.1. The van der Waals surface area contributed by atoms with Crippen LogP contribution >= 0.6 is 11.8 Å². The van der Waals surface area contributed by atoms with E-state index in [9.17, 15) is 14.9 Å². The van der Waals surface area contributed by atoms with E-state index in [1.807, 2.05) is 13.0 Å². The summed E-state index contributed by atoms with van der Waals surface area (Å²) in [6, 6.07) is 6.52. The Labute approximate surface area is 121 Å². The van der Waals surface area contributed by atoms with Crippen molar-refractivity contribution in [2.24, 2.45) is 4.99 Å². The molecule has 1 heterocycles. The fourth-order valence-corrected chi connectivity index (χ4v) is 2.89. The van der Waals surface area contributed by atoms with Gasteiger partial charge in [0.05, 0.1) is 11.5 Å². The summed E-state index contributed by atoms with van der Waals surface area (Å²) in [4.78, 5) is 28.0. The number of amidine groups is 1. The van der Waals surface area contributed by atoms with Crippen LogP contribution in [0.1, 0.15) is 18.9 Å². The minimum absolute atomic E-state index is 0.0628. The lowest BCUT2D eigenvalue weighted by Crippen LogP contribution is -2.32. The summed E-state index contributed by atoms with van der Waals surface area (Å²) in [5.41, 5.74) is 0.931. The van der Waals surface area contributed by atoms with Crippen molar-refractivity contribution in [1.29, 1.82) is 0 Å². The minimum Gasteiger partial charge on any atom is -0.290 e. The summed E-state index contributed by atoms with van der Waals surface area (Å²) in [5, 5.41) is 11.4. The molecule has 1 aromatic carbocycles. The van der Waals surface area contributed by atoms with Gasteiger partial charge in [0.25, 0.3) is 5.69 Å². The summed E-state index contributed by atoms with van der Waals surface area (Å²) < 4.78 is 0. The van der Waals surface area contributed by atoms with Gasteiger partial charge in [-0.15, -0.1) is 0 Å². The molecule has 0 fully saturated rings. The number of benzene rings is 1. The highest BCUT2D eigenvalue weighted by molar-refractivity contribution is 8.13. The van der Waals surface area contributed by atoms with E-state index in [0.29, 0.717) is 30.4 Å². The maximum Gasteiger partial charge on any atom is 0.269 e. The van der Waals surface area contributed by atoms with Crippen LogP contribution in [-0.2, 0) is 10.5 Å². The molecule has 0 saturated carbocycles. The average molecular weight is 293 g/mol. The van der Waals surface area contributed by atoms with E-state index in [2.05, 4.69) is 4.99 Å². The summed E-state index contributed by atoms with van der Waals surface area (Å²) in [6.07, 6.45) is 0.455. The highest BCUT2D eigenvalue weighted by Crippen LogP contribution is 2.22. The van der Waals surface area contributed by atoms with E-state index < -0.39 is 4.92 Å². The molecular weight excluding hydrogens is 278 g/mol. The average Bonchev–Trinajstić information content (AvgIpc) is 2.93. The molecule has 0 atom stereocenters. The third kappa shape index (κ3) is 3.36. The van der Waals surface area contributed by atoms with E-state index in [1.165, 1.54) is 17.8 Å². The molecule has 2 rings (SSSR count). The Morgan fingerprint density at radius 1 is 1.55 bits per heavy atom. The van der Waals surface area contributed by atoms with E-state index in [0.717, 1.165) is 5.56 Å². The number of nitro groups is 1. The normalized spacial score (nSPS) is 14.2. The van der Waals surface area contributed by atoms with Gasteiger partial charge in [-0.05, 0) is 5.56 Å². The smallest absolute Gasteiger partial charge is 0.269 e. The van der Waals surface area contributed by atoms with Gasteiger partial charge >= 0.3 is 0 Å². The number of hydrogen-bond donors (Lipinski definition) is 0. The summed E-state index contributed by atoms with van der Waals surface area (Å²) >= 11 is 1.44. The first-order valence-electron chi connectivity index (χ1n) is 6.32. The molecule has 7 heteroatoms. The highest BCUT2D eigenvalue weighted by atomic mass is 32.2. The van der Waals surface area contributed by atoms with Crippen molar-refractivity contribution >= 4 is 28.5 Å². The third-order valence-corrected chi connectivity index (χ3v) is 3.98. The number of carbonyl (C=O) groups is 1. The fraction of sp³-hybridized carbons (Fsp3) is 0.385. The largest absolute Gasteiger partial charge is 0.290 e. The second-order valence-corrected chi connectivity index (χ2v) is 5.22. The SMILES string of the molecule is CCC(=O)N1CCN=C1SCc1cccc([N+](=O)[O-])c1. The van der Waals surface area contributed by atoms with Crippen LogP contribution in [0.15, 0.2) is 29.3 Å². The third-order valence-electron chi connectivity index (χ3n) is 2.89. The zero-order valence-corrected chi connectivity index (χ0v) is 11.9. The maximum atomic E-state index is 11.7. The molecule has 0 aromatic heterocycles. The number of non-ortho nitro benzene ring substituents is 1. The first-order chi connectivity index (χ1) is 9.61. The Bertz CT molecular complexity index is 560. The summed E-state index contributed by atoms with van der Waals surface area (Å²) in [5.74, 6) is 0.626. The monoisotopic (exact) mass is 293 g/mol. The molecule has 106 valence electrons. The molecule has 0 aliphatic carbocycles. The second kappa shape index (κ2) is 6.51. The standard InChI is InChI=1S/C13H15N3O3S/c1-2-12(17)15-7-6-14-13(15)20-9-10-4-3-5-11(8-10)16(18)19/h3-5,8H,2,6-7,9H2,1H3. The first-order valence-corrected chi connectivity index (χ1v) is 7.31. The van der Waals surface area contributed by atoms with Crippen molar-refractivity contribution in [2.45, 2.75) is 19.1 Å². The fourth-order valence-electron chi connectivity index (χ4n) is 1.88. The van der Waals surface area contributed by atoms with E-state index in [-0.39, 0.29) is 11.6 Å². The van der Waals surface area contributed by atoms with Crippen LogP contribution < -0.4 is 0 Å². The van der Waals surface area contributed by atoms with Crippen LogP contribution in [0.5, 0.6) is 0 Å². The van der Waals surface area contributed by atoms with Crippen molar-refractivity contribution in [2.75, 3.05) is 13.1 Å². The zero-order chi connectivity index (χ0) is 14.5. The Morgan fingerprint density at radius 2 is 2.35 bits per heavy atom. The number of nitro benzene ring substituents is 1. The van der Waals surface area contributed by atoms with E-state index in [4.69, 9.17) is 0 Å². The molecule has 0 radical (unpaired) electrons. The second-order valence-electron chi connectivity index (χ2n) is 4.28. The number of amides is 1. The number of hydrogen-bond acceptors (Lipinski definition) is 5. The van der Waals surface area contributed by atoms with Gasteiger partial charge in [0.2, 0.25) is 5.91 Å².